The van der Waals surface area contributed by atoms with Crippen LogP contribution >= 0.6 is 0 Å². The lowest BCUT2D eigenvalue weighted by atomic mass is 10.1. The summed E-state index contributed by atoms with van der Waals surface area (Å²) in [6, 6.07) is 6.27. The summed E-state index contributed by atoms with van der Waals surface area (Å²) in [5, 5.41) is 8.03. The molecule has 1 aromatic rings. The molecule has 140 valence electrons. The Kier molecular flexibility index (Phi) is 6.56. The number of nitrogens with one attached hydrogen (secondary N) is 2. The molecule has 0 radical (unpaired) electrons. The zero-order valence-corrected chi connectivity index (χ0v) is 15.8. The van der Waals surface area contributed by atoms with Crippen LogP contribution < -0.4 is 15.4 Å². The highest BCUT2D eigenvalue weighted by molar-refractivity contribution is 7.89. The number of quaternary nitrogens is 1. The third kappa shape index (κ3) is 5.78. The van der Waals surface area contributed by atoms with Crippen molar-refractivity contribution in [3.05, 3.63) is 29.8 Å². The normalized spacial score (nSPS) is 25.4. The summed E-state index contributed by atoms with van der Waals surface area (Å²) >= 11 is 0. The van der Waals surface area contributed by atoms with Crippen molar-refractivity contribution in [2.24, 2.45) is 5.14 Å². The molecule has 0 bridgehead atoms. The lowest BCUT2D eigenvalue weighted by Gasteiger charge is -2.35. The molecule has 0 saturated carbocycles. The number of hydrogen-bond donors (Lipinski definition) is 3. The summed E-state index contributed by atoms with van der Waals surface area (Å²) in [7, 11) is -3.67. The predicted molar refractivity (Wildman–Crippen MR) is 94.7 cm³/mol. The molecule has 1 aliphatic heterocycles. The van der Waals surface area contributed by atoms with Gasteiger partial charge in [0, 0.05) is 6.54 Å². The van der Waals surface area contributed by atoms with E-state index in [-0.39, 0.29) is 29.1 Å². The van der Waals surface area contributed by atoms with Gasteiger partial charge >= 0.3 is 0 Å². The fourth-order valence-electron chi connectivity index (χ4n) is 3.18. The average molecular weight is 370 g/mol. The van der Waals surface area contributed by atoms with Gasteiger partial charge in [-0.2, -0.15) is 0 Å². The van der Waals surface area contributed by atoms with E-state index in [9.17, 15) is 13.2 Å². The number of ether oxygens (including phenoxy) is 1. The quantitative estimate of drug-likeness (QED) is 0.602. The standard InChI is InChI=1S/C17H27N3O4S/c1-12-10-20(11-13(2)24-12)14(3)17(21)19-9-8-15-4-6-16(7-5-15)25(18,22)23/h4-7,12-14H,8-11H2,1-3H3,(H,19,21)(H2,18,22,23)/p+1/t12-,13-,14+/m1/s1. The molecule has 3 atom stereocenters. The van der Waals surface area contributed by atoms with E-state index >= 15 is 0 Å². The van der Waals surface area contributed by atoms with Gasteiger partial charge < -0.3 is 15.0 Å². The van der Waals surface area contributed by atoms with Gasteiger partial charge in [0.15, 0.2) is 6.04 Å². The van der Waals surface area contributed by atoms with Crippen molar-refractivity contribution in [2.45, 2.75) is 50.3 Å². The molecule has 1 saturated heterocycles. The Morgan fingerprint density at radius 1 is 1.28 bits per heavy atom. The van der Waals surface area contributed by atoms with E-state index < -0.39 is 10.0 Å². The van der Waals surface area contributed by atoms with Crippen LogP contribution in [0, 0.1) is 0 Å². The van der Waals surface area contributed by atoms with Gasteiger partial charge in [-0.15, -0.1) is 0 Å². The predicted octanol–water partition coefficient (Wildman–Crippen LogP) is -0.927. The van der Waals surface area contributed by atoms with Crippen molar-refractivity contribution >= 4 is 15.9 Å². The molecule has 8 heteroatoms. The van der Waals surface area contributed by atoms with Crippen molar-refractivity contribution in [3.8, 4) is 0 Å². The molecular weight excluding hydrogens is 342 g/mol. The zero-order chi connectivity index (χ0) is 18.6. The van der Waals surface area contributed by atoms with Crippen molar-refractivity contribution in [1.29, 1.82) is 0 Å². The summed E-state index contributed by atoms with van der Waals surface area (Å²) in [6.07, 6.45) is 0.951. The van der Waals surface area contributed by atoms with E-state index in [1.165, 1.54) is 17.0 Å². The molecule has 1 heterocycles. The molecule has 0 aromatic heterocycles. The minimum Gasteiger partial charge on any atom is -0.364 e. The fraction of sp³-hybridized carbons (Fsp3) is 0.588. The van der Waals surface area contributed by atoms with Crippen molar-refractivity contribution in [3.63, 3.8) is 0 Å². The number of primary sulfonamides is 1. The molecule has 2 rings (SSSR count). The average Bonchev–Trinajstić information content (AvgIpc) is 2.52. The van der Waals surface area contributed by atoms with Crippen LogP contribution in [0.15, 0.2) is 29.2 Å². The highest BCUT2D eigenvalue weighted by Crippen LogP contribution is 2.08. The van der Waals surface area contributed by atoms with Gasteiger partial charge in [0.1, 0.15) is 25.3 Å². The summed E-state index contributed by atoms with van der Waals surface area (Å²) < 4.78 is 28.2. The first-order chi connectivity index (χ1) is 11.7. The van der Waals surface area contributed by atoms with Gasteiger partial charge in [-0.3, -0.25) is 4.79 Å². The second-order valence-corrected chi connectivity index (χ2v) is 8.34. The van der Waals surface area contributed by atoms with Crippen LogP contribution in [-0.4, -0.2) is 52.2 Å². The highest BCUT2D eigenvalue weighted by Gasteiger charge is 2.32. The third-order valence-corrected chi connectivity index (χ3v) is 5.46. The Morgan fingerprint density at radius 2 is 1.84 bits per heavy atom. The molecule has 1 amide bonds. The molecule has 1 aromatic carbocycles. The Balaban J connectivity index is 1.81. The molecule has 1 aliphatic rings. The van der Waals surface area contributed by atoms with E-state index in [1.54, 1.807) is 12.1 Å². The van der Waals surface area contributed by atoms with E-state index in [1.807, 2.05) is 20.8 Å². The fourth-order valence-corrected chi connectivity index (χ4v) is 3.70. The van der Waals surface area contributed by atoms with Crippen molar-refractivity contribution < 1.29 is 22.8 Å². The van der Waals surface area contributed by atoms with E-state index in [0.717, 1.165) is 18.7 Å². The Morgan fingerprint density at radius 3 is 2.36 bits per heavy atom. The number of nitrogens with two attached hydrogens (primary N) is 1. The van der Waals surface area contributed by atoms with E-state index in [2.05, 4.69) is 5.32 Å². The van der Waals surface area contributed by atoms with E-state index in [4.69, 9.17) is 9.88 Å². The second kappa shape index (κ2) is 8.27. The molecule has 7 nitrogen and oxygen atoms in total. The highest BCUT2D eigenvalue weighted by atomic mass is 32.2. The minimum absolute atomic E-state index is 0.0254. The van der Waals surface area contributed by atoms with Crippen molar-refractivity contribution in [2.75, 3.05) is 19.6 Å². The number of carbonyl (C=O) groups is 1. The maximum Gasteiger partial charge on any atom is 0.278 e. The lowest BCUT2D eigenvalue weighted by Crippen LogP contribution is -3.19. The Labute approximate surface area is 149 Å². The van der Waals surface area contributed by atoms with E-state index in [0.29, 0.717) is 13.0 Å². The summed E-state index contributed by atoms with van der Waals surface area (Å²) in [4.78, 5) is 13.7. The summed E-state index contributed by atoms with van der Waals surface area (Å²) in [5.41, 5.74) is 0.946. The number of carbonyl (C=O) groups excluding carboxylic acids is 1. The van der Waals surface area contributed by atoms with Crippen LogP contribution in [0.2, 0.25) is 0 Å². The number of benzene rings is 1. The van der Waals surface area contributed by atoms with Gasteiger partial charge in [0.05, 0.1) is 4.90 Å². The van der Waals surface area contributed by atoms with Gasteiger partial charge in [0.2, 0.25) is 10.0 Å². The van der Waals surface area contributed by atoms with Crippen LogP contribution in [0.3, 0.4) is 0 Å². The van der Waals surface area contributed by atoms with Crippen molar-refractivity contribution in [1.82, 2.24) is 5.32 Å². The Bertz CT molecular complexity index is 680. The van der Waals surface area contributed by atoms with Gasteiger partial charge in [-0.05, 0) is 44.9 Å². The first-order valence-corrected chi connectivity index (χ1v) is 10.1. The number of amides is 1. The first kappa shape index (κ1) is 19.8. The van der Waals surface area contributed by atoms with Gasteiger partial charge in [0.25, 0.3) is 5.91 Å². The molecule has 0 aliphatic carbocycles. The molecular formula is C17H28N3O4S+. The molecule has 0 spiro atoms. The minimum atomic E-state index is -3.67. The van der Waals surface area contributed by atoms with Crippen LogP contribution in [0.25, 0.3) is 0 Å². The molecule has 0 unspecified atom stereocenters. The van der Waals surface area contributed by atoms with Crippen LogP contribution in [0.5, 0.6) is 0 Å². The zero-order valence-electron chi connectivity index (χ0n) is 15.0. The van der Waals surface area contributed by atoms with Crippen LogP contribution in [-0.2, 0) is 26.0 Å². The first-order valence-electron chi connectivity index (χ1n) is 8.56. The lowest BCUT2D eigenvalue weighted by molar-refractivity contribution is -0.928. The molecule has 1 fully saturated rings. The third-order valence-electron chi connectivity index (χ3n) is 4.53. The monoisotopic (exact) mass is 370 g/mol. The maximum absolute atomic E-state index is 12.4. The topological polar surface area (TPSA) is 103 Å². The Hall–Kier alpha value is -1.48. The number of sulfonamides is 1. The van der Waals surface area contributed by atoms with Crippen LogP contribution in [0.1, 0.15) is 26.3 Å². The largest absolute Gasteiger partial charge is 0.364 e. The molecule has 25 heavy (non-hydrogen) atoms. The van der Waals surface area contributed by atoms with Gasteiger partial charge in [-0.1, -0.05) is 12.1 Å². The summed E-state index contributed by atoms with van der Waals surface area (Å²) in [6.45, 7) is 8.17. The summed E-state index contributed by atoms with van der Waals surface area (Å²) in [5.74, 6) is 0.0254. The maximum atomic E-state index is 12.4. The SMILES string of the molecule is C[C@@H]1C[NH+]([C@@H](C)C(=O)NCCc2ccc(S(N)(=O)=O)cc2)C[C@@H](C)O1. The smallest absolute Gasteiger partial charge is 0.278 e. The second-order valence-electron chi connectivity index (χ2n) is 6.78. The molecule has 4 N–H and O–H groups in total. The van der Waals surface area contributed by atoms with Gasteiger partial charge in [-0.25, -0.2) is 13.6 Å². The number of rotatable bonds is 6. The van der Waals surface area contributed by atoms with Crippen LogP contribution in [0.4, 0.5) is 0 Å². The number of hydrogen-bond acceptors (Lipinski definition) is 4. The number of morpholine rings is 1.